The molecule has 0 bridgehead atoms. The number of aldehydes is 1. The van der Waals surface area contributed by atoms with Crippen molar-refractivity contribution in [1.29, 1.82) is 0 Å². The fourth-order valence-electron chi connectivity index (χ4n) is 9.51. The molecule has 12 rings (SSSR count). The van der Waals surface area contributed by atoms with E-state index in [0.29, 0.717) is 58.7 Å². The molecule has 0 radical (unpaired) electrons. The zero-order chi connectivity index (χ0) is 89.6. The second kappa shape index (κ2) is 49.8. The van der Waals surface area contributed by atoms with Crippen molar-refractivity contribution in [2.75, 3.05) is 39.6 Å². The summed E-state index contributed by atoms with van der Waals surface area (Å²) in [5, 5.41) is 56.2. The van der Waals surface area contributed by atoms with Gasteiger partial charge in [0.25, 0.3) is 0 Å². The summed E-state index contributed by atoms with van der Waals surface area (Å²) in [5.74, 6) is -0.0404. The third kappa shape index (κ3) is 38.4. The lowest BCUT2D eigenvalue weighted by Crippen LogP contribution is -2.41. The number of aliphatic hydroxyl groups is 5. The van der Waals surface area contributed by atoms with Gasteiger partial charge in [-0.05, 0) is 336 Å². The SMILES string of the molecule is Brc1cccc(Br)n1.CC(C)(C)[Si](C)(C)OCC(O)c1cccc(Br)n1.CC(C)(C)[Si](C)(C)OCC=O.CC1(C)OCC(c2cccc(-c3ccc(O)cc3)n2)O1.CC1(C)OCC(c2cccc(Br)n2)O1.Cl.FC(F)(F)c1ccc(I)cc1.OCC(O)c1cccc(-c2ccc(Oc3ccc(C(F)(F)F)cc3)cc2)n1.OCC(O)c1cccc(Br)n1. The summed E-state index contributed by atoms with van der Waals surface area (Å²) < 4.78 is 118. The van der Waals surface area contributed by atoms with E-state index in [1.165, 1.54) is 24.3 Å². The van der Waals surface area contributed by atoms with Crippen LogP contribution in [0.5, 0.6) is 17.2 Å². The molecule has 0 aliphatic carbocycles. The number of benzene rings is 4. The van der Waals surface area contributed by atoms with Gasteiger partial charge in [-0.3, -0.25) is 0 Å². The maximum absolute atomic E-state index is 12.6. The molecular weight excluding hydrogens is 2070 g/mol. The van der Waals surface area contributed by atoms with E-state index in [-0.39, 0.29) is 53.7 Å². The number of rotatable bonds is 17. The monoisotopic (exact) mass is 2170 g/mol. The molecular formula is C86H101Br5ClF6IN6O14Si2. The normalized spacial score (nSPS) is 15.4. The number of nitrogens with zero attached hydrogens (tertiary/aromatic N) is 6. The standard InChI is InChI=1S/C20H16F3NO3.C16H17NO3.C13H22BrNO2Si.C10H12BrNO2.C8H18O2Si.C7H8BrNO2.C7H4F3I.C5H3Br2N.ClH/c21-20(22,23)14-6-10-16(11-7-14)27-15-8-4-13(5-9-15)17-2-1-3-18(24-17)19(26)12-25;1-16(2)19-10-15(20-16)14-5-3-4-13(17-14)11-6-8-12(18)9-7-11;1-13(2,3)18(4,5)17-9-11(16)10-7-6-8-12(14)15-10;1-10(2)13-6-8(14-10)7-4-3-5-9(11)12-7;1-8(2,3)11(4,5)10-7-6-9;8-7-3-1-2-5(9-7)6(11)4-10;8-7(9,10)5-1-3-6(11)4-2-5;6-4-2-1-3-5(7)8-4;/h1-11,19,25-26H,12H2;3-9,15,18H,10H2,1-2H3;6-8,11,16H,9H2,1-5H3;3-5,8H,6H2,1-2H3;6H,7H2,1-5H3;1-3,6,10-11H,4H2;1-4H;1-3H;1H. The number of phenolic OH excluding ortho intramolecular Hbond substituents is 1. The van der Waals surface area contributed by atoms with Crippen LogP contribution in [0.2, 0.25) is 36.3 Å². The number of aromatic nitrogens is 6. The minimum absolute atomic E-state index is 0. The number of alkyl halides is 6. The van der Waals surface area contributed by atoms with Gasteiger partial charge < -0.3 is 68.0 Å². The molecule has 6 aromatic heterocycles. The average molecular weight is 2170 g/mol. The van der Waals surface area contributed by atoms with Crippen LogP contribution in [-0.4, -0.2) is 135 Å². The van der Waals surface area contributed by atoms with Crippen LogP contribution in [0, 0.1) is 3.57 Å². The molecule has 658 valence electrons. The number of hydrogen-bond acceptors (Lipinski definition) is 20. The van der Waals surface area contributed by atoms with Gasteiger partial charge in [-0.15, -0.1) is 12.4 Å². The Morgan fingerprint density at radius 3 is 1.18 bits per heavy atom. The van der Waals surface area contributed by atoms with E-state index in [4.69, 9.17) is 47.9 Å². The highest BCUT2D eigenvalue weighted by atomic mass is 127. The average Bonchev–Trinajstić information content (AvgIpc) is 1.67. The molecule has 2 aliphatic heterocycles. The Kier molecular flexibility index (Phi) is 44.2. The van der Waals surface area contributed by atoms with E-state index in [1.807, 2.05) is 135 Å². The first kappa shape index (κ1) is 107. The van der Waals surface area contributed by atoms with Gasteiger partial charge in [0.1, 0.15) is 77.1 Å². The number of phenols is 1. The van der Waals surface area contributed by atoms with Crippen molar-refractivity contribution in [2.45, 2.75) is 160 Å². The van der Waals surface area contributed by atoms with Crippen LogP contribution < -0.4 is 4.74 Å². The molecule has 121 heavy (non-hydrogen) atoms. The van der Waals surface area contributed by atoms with Crippen molar-refractivity contribution in [2.24, 2.45) is 0 Å². The number of hydrogen-bond donors (Lipinski definition) is 6. The molecule has 6 N–H and O–H groups in total. The predicted molar refractivity (Wildman–Crippen MR) is 489 cm³/mol. The van der Waals surface area contributed by atoms with Crippen LogP contribution in [0.4, 0.5) is 26.3 Å². The fraction of sp³-hybridized carbons (Fsp3) is 0.360. The Hall–Kier alpha value is -5.96. The topological polar surface area (TPSA) is 280 Å². The van der Waals surface area contributed by atoms with E-state index < -0.39 is 76.6 Å². The number of carbonyl (C=O) groups is 1. The molecule has 0 saturated carbocycles. The second-order valence-electron chi connectivity index (χ2n) is 30.4. The van der Waals surface area contributed by atoms with Crippen LogP contribution in [-0.2, 0) is 44.9 Å². The summed E-state index contributed by atoms with van der Waals surface area (Å²) in [5.41, 5.74) is 5.11. The maximum Gasteiger partial charge on any atom is 0.416 e. The molecule has 35 heteroatoms. The van der Waals surface area contributed by atoms with Crippen LogP contribution in [0.1, 0.15) is 139 Å². The molecule has 0 amide bonds. The number of pyridine rings is 6. The molecule has 0 spiro atoms. The van der Waals surface area contributed by atoms with Gasteiger partial charge in [0.05, 0.1) is 90.6 Å². The number of carbonyl (C=O) groups excluding carboxylic acids is 1. The molecule has 10 aromatic rings. The number of aromatic hydroxyl groups is 1. The Morgan fingerprint density at radius 2 is 0.810 bits per heavy atom. The molecule has 2 aliphatic rings. The summed E-state index contributed by atoms with van der Waals surface area (Å²) in [7, 11) is -3.47. The third-order valence-corrected chi connectivity index (χ3v) is 30.0. The van der Waals surface area contributed by atoms with E-state index in [1.54, 1.807) is 72.8 Å². The zero-order valence-electron chi connectivity index (χ0n) is 68.9. The number of ether oxygens (including phenoxy) is 5. The molecule has 4 aromatic carbocycles. The van der Waals surface area contributed by atoms with Crippen molar-refractivity contribution in [1.82, 2.24) is 29.9 Å². The maximum atomic E-state index is 12.6. The highest BCUT2D eigenvalue weighted by molar-refractivity contribution is 14.1. The number of halogens is 13. The fourth-order valence-corrected chi connectivity index (χ4v) is 13.8. The minimum Gasteiger partial charge on any atom is -0.508 e. The summed E-state index contributed by atoms with van der Waals surface area (Å²) in [4.78, 5) is 35.5. The van der Waals surface area contributed by atoms with Crippen LogP contribution >= 0.6 is 115 Å². The van der Waals surface area contributed by atoms with Gasteiger partial charge in [0, 0.05) is 14.7 Å². The smallest absolute Gasteiger partial charge is 0.416 e. The van der Waals surface area contributed by atoms with E-state index in [9.17, 15) is 46.5 Å². The lowest BCUT2D eigenvalue weighted by atomic mass is 10.1. The summed E-state index contributed by atoms with van der Waals surface area (Å²) in [6.45, 7) is 30.2. The van der Waals surface area contributed by atoms with E-state index >= 15 is 0 Å². The first-order chi connectivity index (χ1) is 55.9. The molecule has 2 fully saturated rings. The Morgan fingerprint density at radius 1 is 0.471 bits per heavy atom. The minimum atomic E-state index is -4.38. The number of aliphatic hydroxyl groups excluding tert-OH is 5. The summed E-state index contributed by atoms with van der Waals surface area (Å²) in [6.07, 6.45) is -10.6. The van der Waals surface area contributed by atoms with Crippen molar-refractivity contribution in [3.05, 3.63) is 272 Å². The van der Waals surface area contributed by atoms with Gasteiger partial charge in [-0.1, -0.05) is 77.9 Å². The van der Waals surface area contributed by atoms with Crippen LogP contribution in [0.3, 0.4) is 0 Å². The van der Waals surface area contributed by atoms with E-state index in [0.717, 1.165) is 80.7 Å². The first-order valence-electron chi connectivity index (χ1n) is 37.2. The Balaban J connectivity index is 0.000000298. The molecule has 5 unspecified atom stereocenters. The van der Waals surface area contributed by atoms with Gasteiger partial charge >= 0.3 is 12.4 Å². The molecule has 2 saturated heterocycles. The summed E-state index contributed by atoms with van der Waals surface area (Å²) >= 11 is 18.2. The Labute approximate surface area is 766 Å². The van der Waals surface area contributed by atoms with Gasteiger partial charge in [-0.2, -0.15) is 26.3 Å². The third-order valence-electron chi connectivity index (χ3n) is 18.1. The van der Waals surface area contributed by atoms with Gasteiger partial charge in [0.15, 0.2) is 28.2 Å². The van der Waals surface area contributed by atoms with E-state index in [2.05, 4.69) is 177 Å². The van der Waals surface area contributed by atoms with Crippen LogP contribution in [0.25, 0.3) is 22.5 Å². The molecule has 8 heterocycles. The predicted octanol–water partition coefficient (Wildman–Crippen LogP) is 23.8. The highest BCUT2D eigenvalue weighted by Crippen LogP contribution is 2.40. The summed E-state index contributed by atoms with van der Waals surface area (Å²) in [6, 6.07) is 56.4. The lowest BCUT2D eigenvalue weighted by molar-refractivity contribution is -0.140. The van der Waals surface area contributed by atoms with Crippen molar-refractivity contribution >= 4 is 138 Å². The quantitative estimate of drug-likeness (QED) is 0.0162. The van der Waals surface area contributed by atoms with Crippen molar-refractivity contribution < 1.29 is 94.3 Å². The highest BCUT2D eigenvalue weighted by Gasteiger charge is 2.40. The zero-order valence-corrected chi connectivity index (χ0v) is 81.8. The Bertz CT molecular complexity index is 4750. The van der Waals surface area contributed by atoms with Gasteiger partial charge in [-0.25, -0.2) is 29.9 Å². The molecule has 20 nitrogen and oxygen atoms in total. The van der Waals surface area contributed by atoms with Crippen LogP contribution in [0.15, 0.2) is 229 Å². The van der Waals surface area contributed by atoms with Gasteiger partial charge in [0.2, 0.25) is 0 Å². The molecule has 5 atom stereocenters. The largest absolute Gasteiger partial charge is 0.508 e. The van der Waals surface area contributed by atoms with Crippen molar-refractivity contribution in [3.63, 3.8) is 0 Å². The second-order valence-corrected chi connectivity index (χ2v) is 45.3. The first-order valence-corrected chi connectivity index (χ1v) is 48.1. The van der Waals surface area contributed by atoms with Crippen molar-refractivity contribution in [3.8, 4) is 39.8 Å². The lowest BCUT2D eigenvalue weighted by Gasteiger charge is -2.36.